The number of halogens is 1. The lowest BCUT2D eigenvalue weighted by atomic mass is 9.87. The fourth-order valence-electron chi connectivity index (χ4n) is 2.05. The van der Waals surface area contributed by atoms with Crippen LogP contribution in [0.15, 0.2) is 12.3 Å². The standard InChI is InChI=1S/C10H12ClNO/c1-7-3-2-4-9-10(7)8(11)5-6-12(9)13/h5-7H,2-4H2,1H3. The molecule has 3 heteroatoms. The van der Waals surface area contributed by atoms with Crippen molar-refractivity contribution in [1.29, 1.82) is 0 Å². The summed E-state index contributed by atoms with van der Waals surface area (Å²) in [6.45, 7) is 2.13. The molecule has 0 aromatic carbocycles. The molecular formula is C10H12ClNO. The summed E-state index contributed by atoms with van der Waals surface area (Å²) in [5, 5.41) is 12.2. The summed E-state index contributed by atoms with van der Waals surface area (Å²) in [4.78, 5) is 0. The maximum Gasteiger partial charge on any atom is 0.197 e. The molecule has 0 N–H and O–H groups in total. The number of nitrogens with zero attached hydrogens (tertiary/aromatic N) is 1. The molecule has 1 atom stereocenters. The zero-order valence-electron chi connectivity index (χ0n) is 7.59. The Labute approximate surface area is 82.7 Å². The topological polar surface area (TPSA) is 26.9 Å². The first kappa shape index (κ1) is 8.82. The van der Waals surface area contributed by atoms with Gasteiger partial charge in [0, 0.05) is 18.1 Å². The van der Waals surface area contributed by atoms with E-state index in [4.69, 9.17) is 11.6 Å². The van der Waals surface area contributed by atoms with E-state index in [0.717, 1.165) is 40.3 Å². The number of aromatic nitrogens is 1. The van der Waals surface area contributed by atoms with Crippen molar-refractivity contribution in [3.05, 3.63) is 33.8 Å². The van der Waals surface area contributed by atoms with Crippen molar-refractivity contribution >= 4 is 11.6 Å². The van der Waals surface area contributed by atoms with Crippen molar-refractivity contribution < 1.29 is 4.73 Å². The summed E-state index contributed by atoms with van der Waals surface area (Å²) >= 11 is 6.06. The Bertz CT molecular complexity index is 338. The highest BCUT2D eigenvalue weighted by atomic mass is 35.5. The first-order valence-electron chi connectivity index (χ1n) is 4.60. The van der Waals surface area contributed by atoms with Crippen LogP contribution in [0.4, 0.5) is 0 Å². The molecule has 0 saturated carbocycles. The summed E-state index contributed by atoms with van der Waals surface area (Å²) < 4.78 is 0.955. The van der Waals surface area contributed by atoms with Gasteiger partial charge in [0.1, 0.15) is 0 Å². The highest BCUT2D eigenvalue weighted by molar-refractivity contribution is 6.31. The summed E-state index contributed by atoms with van der Waals surface area (Å²) in [7, 11) is 0. The van der Waals surface area contributed by atoms with Crippen LogP contribution in [0.3, 0.4) is 0 Å². The van der Waals surface area contributed by atoms with E-state index in [-0.39, 0.29) is 0 Å². The van der Waals surface area contributed by atoms with Gasteiger partial charge in [0.2, 0.25) is 0 Å². The maximum atomic E-state index is 11.4. The monoisotopic (exact) mass is 197 g/mol. The van der Waals surface area contributed by atoms with Crippen LogP contribution in [0.2, 0.25) is 5.02 Å². The average Bonchev–Trinajstić information content (AvgIpc) is 2.12. The smallest absolute Gasteiger partial charge is 0.197 e. The minimum atomic E-state index is 0.428. The highest BCUT2D eigenvalue weighted by Crippen LogP contribution is 2.33. The first-order valence-corrected chi connectivity index (χ1v) is 4.98. The summed E-state index contributed by atoms with van der Waals surface area (Å²) in [6.07, 6.45) is 4.59. The second kappa shape index (κ2) is 3.18. The second-order valence-electron chi connectivity index (χ2n) is 3.64. The molecule has 1 aromatic rings. The SMILES string of the molecule is CC1CCCc2c1c(Cl)cc[n+]2[O-]. The largest absolute Gasteiger partial charge is 0.618 e. The van der Waals surface area contributed by atoms with E-state index in [1.54, 1.807) is 6.07 Å². The van der Waals surface area contributed by atoms with E-state index in [0.29, 0.717) is 5.92 Å². The molecular weight excluding hydrogens is 186 g/mol. The van der Waals surface area contributed by atoms with Crippen LogP contribution in [0.1, 0.15) is 36.9 Å². The van der Waals surface area contributed by atoms with Crippen molar-refractivity contribution in [2.45, 2.75) is 32.1 Å². The van der Waals surface area contributed by atoms with Crippen molar-refractivity contribution in [3.8, 4) is 0 Å². The van der Waals surface area contributed by atoms with E-state index >= 15 is 0 Å². The van der Waals surface area contributed by atoms with E-state index in [2.05, 4.69) is 6.92 Å². The number of hydrogen-bond donors (Lipinski definition) is 0. The van der Waals surface area contributed by atoms with Crippen LogP contribution < -0.4 is 4.73 Å². The van der Waals surface area contributed by atoms with Crippen LogP contribution in [-0.2, 0) is 6.42 Å². The molecule has 1 aliphatic rings. The molecule has 2 rings (SSSR count). The Morgan fingerprint density at radius 1 is 1.62 bits per heavy atom. The Morgan fingerprint density at radius 2 is 2.38 bits per heavy atom. The first-order chi connectivity index (χ1) is 6.20. The lowest BCUT2D eigenvalue weighted by Crippen LogP contribution is -2.34. The molecule has 0 spiro atoms. The maximum absolute atomic E-state index is 11.4. The molecule has 1 aromatic heterocycles. The lowest BCUT2D eigenvalue weighted by Gasteiger charge is -2.21. The fraction of sp³-hybridized carbons (Fsp3) is 0.500. The van der Waals surface area contributed by atoms with Crippen molar-refractivity contribution in [1.82, 2.24) is 0 Å². The zero-order valence-corrected chi connectivity index (χ0v) is 8.34. The Hall–Kier alpha value is -0.760. The van der Waals surface area contributed by atoms with Crippen molar-refractivity contribution in [2.75, 3.05) is 0 Å². The third-order valence-electron chi connectivity index (χ3n) is 2.73. The molecule has 1 heterocycles. The fourth-order valence-corrected chi connectivity index (χ4v) is 2.41. The molecule has 0 bridgehead atoms. The predicted molar refractivity (Wildman–Crippen MR) is 51.8 cm³/mol. The van der Waals surface area contributed by atoms with Gasteiger partial charge in [0.05, 0.1) is 5.02 Å². The van der Waals surface area contributed by atoms with Crippen LogP contribution in [0.5, 0.6) is 0 Å². The quantitative estimate of drug-likeness (QED) is 0.464. The molecule has 2 nitrogen and oxygen atoms in total. The highest BCUT2D eigenvalue weighted by Gasteiger charge is 2.25. The molecule has 0 fully saturated rings. The van der Waals surface area contributed by atoms with Crippen LogP contribution in [0, 0.1) is 5.21 Å². The summed E-state index contributed by atoms with van der Waals surface area (Å²) in [6, 6.07) is 1.69. The molecule has 13 heavy (non-hydrogen) atoms. The molecule has 70 valence electrons. The lowest BCUT2D eigenvalue weighted by molar-refractivity contribution is -0.615. The van der Waals surface area contributed by atoms with Gasteiger partial charge in [-0.1, -0.05) is 18.5 Å². The number of rotatable bonds is 0. The summed E-state index contributed by atoms with van der Waals surface area (Å²) in [5.74, 6) is 0.428. The molecule has 1 unspecified atom stereocenters. The third-order valence-corrected chi connectivity index (χ3v) is 3.06. The van der Waals surface area contributed by atoms with Gasteiger partial charge in [0.25, 0.3) is 0 Å². The van der Waals surface area contributed by atoms with Gasteiger partial charge in [-0.25, -0.2) is 0 Å². The van der Waals surface area contributed by atoms with Crippen molar-refractivity contribution in [3.63, 3.8) is 0 Å². The second-order valence-corrected chi connectivity index (χ2v) is 4.05. The molecule has 0 radical (unpaired) electrons. The van der Waals surface area contributed by atoms with Gasteiger partial charge in [-0.05, 0) is 18.8 Å². The van der Waals surface area contributed by atoms with E-state index in [1.807, 2.05) is 0 Å². The zero-order chi connectivity index (χ0) is 9.42. The predicted octanol–water partition coefficient (Wildman–Crippen LogP) is 2.41. The Kier molecular flexibility index (Phi) is 2.16. The van der Waals surface area contributed by atoms with Gasteiger partial charge in [-0.3, -0.25) is 0 Å². The number of hydrogen-bond acceptors (Lipinski definition) is 1. The van der Waals surface area contributed by atoms with Gasteiger partial charge in [-0.15, -0.1) is 0 Å². The van der Waals surface area contributed by atoms with Crippen LogP contribution >= 0.6 is 11.6 Å². The Balaban J connectivity index is 2.60. The van der Waals surface area contributed by atoms with Crippen LogP contribution in [0.25, 0.3) is 0 Å². The van der Waals surface area contributed by atoms with Gasteiger partial charge >= 0.3 is 0 Å². The Morgan fingerprint density at radius 3 is 3.08 bits per heavy atom. The van der Waals surface area contributed by atoms with Crippen molar-refractivity contribution in [2.24, 2.45) is 0 Å². The normalized spacial score (nSPS) is 21.2. The van der Waals surface area contributed by atoms with E-state index < -0.39 is 0 Å². The van der Waals surface area contributed by atoms with E-state index in [1.165, 1.54) is 6.20 Å². The minimum Gasteiger partial charge on any atom is -0.618 e. The van der Waals surface area contributed by atoms with Gasteiger partial charge < -0.3 is 5.21 Å². The molecule has 0 aliphatic heterocycles. The number of pyridine rings is 1. The molecule has 0 amide bonds. The number of fused-ring (bicyclic) bond motifs is 1. The van der Waals surface area contributed by atoms with Crippen LogP contribution in [-0.4, -0.2) is 0 Å². The van der Waals surface area contributed by atoms with Gasteiger partial charge in [-0.2, -0.15) is 4.73 Å². The summed E-state index contributed by atoms with van der Waals surface area (Å²) in [5.41, 5.74) is 1.93. The molecule has 1 aliphatic carbocycles. The average molecular weight is 198 g/mol. The minimum absolute atomic E-state index is 0.428. The molecule has 0 saturated heterocycles. The van der Waals surface area contributed by atoms with Gasteiger partial charge in [0.15, 0.2) is 11.9 Å². The van der Waals surface area contributed by atoms with E-state index in [9.17, 15) is 5.21 Å². The third kappa shape index (κ3) is 1.39.